The van der Waals surface area contributed by atoms with Crippen molar-refractivity contribution in [2.24, 2.45) is 0 Å². The predicted octanol–water partition coefficient (Wildman–Crippen LogP) is 3.11. The second-order valence-electron chi connectivity index (χ2n) is 7.39. The highest BCUT2D eigenvalue weighted by Crippen LogP contribution is 2.33. The number of halogens is 3. The van der Waals surface area contributed by atoms with Gasteiger partial charge in [-0.1, -0.05) is 0 Å². The molecule has 0 unspecified atom stereocenters. The first kappa shape index (κ1) is 20.6. The number of aromatic amines is 1. The topological polar surface area (TPSA) is 91.1 Å². The van der Waals surface area contributed by atoms with Crippen LogP contribution >= 0.6 is 0 Å². The zero-order chi connectivity index (χ0) is 22.1. The van der Waals surface area contributed by atoms with Crippen LogP contribution in [0.15, 0.2) is 36.4 Å². The Hall–Kier alpha value is -3.62. The third kappa shape index (κ3) is 4.30. The number of aryl methyl sites for hydroxylation is 1. The van der Waals surface area contributed by atoms with E-state index in [0.29, 0.717) is 35.0 Å². The molecule has 0 spiro atoms. The molecule has 1 fully saturated rings. The van der Waals surface area contributed by atoms with Crippen LogP contribution in [0.1, 0.15) is 24.8 Å². The van der Waals surface area contributed by atoms with E-state index >= 15 is 0 Å². The molecule has 9 heteroatoms. The fourth-order valence-electron chi connectivity index (χ4n) is 3.76. The monoisotopic (exact) mass is 429 g/mol. The molecule has 4 rings (SSSR count). The molecule has 6 nitrogen and oxygen atoms in total. The molecule has 2 aromatic carbocycles. The normalized spacial score (nSPS) is 16.0. The number of hydrogen-bond donors (Lipinski definition) is 3. The Labute approximate surface area is 174 Å². The van der Waals surface area contributed by atoms with Crippen LogP contribution in [0.5, 0.6) is 0 Å². The van der Waals surface area contributed by atoms with Gasteiger partial charge in [-0.3, -0.25) is 19.7 Å². The molecule has 160 valence electrons. The molecule has 1 aliphatic heterocycles. The number of hydrogen-bond acceptors (Lipinski definition) is 3. The number of imide groups is 1. The van der Waals surface area contributed by atoms with Gasteiger partial charge < -0.3 is 10.3 Å². The van der Waals surface area contributed by atoms with Crippen LogP contribution in [0.4, 0.5) is 13.2 Å². The van der Waals surface area contributed by atoms with Crippen molar-refractivity contribution in [3.8, 4) is 11.3 Å². The van der Waals surface area contributed by atoms with E-state index < -0.39 is 41.2 Å². The molecule has 3 amide bonds. The summed E-state index contributed by atoms with van der Waals surface area (Å²) < 4.78 is 41.5. The summed E-state index contributed by atoms with van der Waals surface area (Å²) in [6.45, 7) is 0. The summed E-state index contributed by atoms with van der Waals surface area (Å²) in [7, 11) is 0. The van der Waals surface area contributed by atoms with Gasteiger partial charge in [0.1, 0.15) is 23.5 Å². The Morgan fingerprint density at radius 2 is 1.81 bits per heavy atom. The minimum atomic E-state index is -0.883. The molecule has 31 heavy (non-hydrogen) atoms. The third-order valence-corrected chi connectivity index (χ3v) is 5.20. The summed E-state index contributed by atoms with van der Waals surface area (Å²) in [6, 6.07) is 6.70. The largest absolute Gasteiger partial charge is 0.352 e. The fourth-order valence-corrected chi connectivity index (χ4v) is 3.76. The molecule has 1 aromatic heterocycles. The van der Waals surface area contributed by atoms with Crippen LogP contribution < -0.4 is 10.6 Å². The Morgan fingerprint density at radius 3 is 2.48 bits per heavy atom. The fraction of sp³-hybridized carbons (Fsp3) is 0.227. The molecule has 0 aliphatic carbocycles. The first-order chi connectivity index (χ1) is 14.8. The van der Waals surface area contributed by atoms with Crippen molar-refractivity contribution in [2.45, 2.75) is 31.7 Å². The lowest BCUT2D eigenvalue weighted by Crippen LogP contribution is -2.40. The van der Waals surface area contributed by atoms with Gasteiger partial charge in [0, 0.05) is 23.6 Å². The number of fused-ring (bicyclic) bond motifs is 1. The van der Waals surface area contributed by atoms with Crippen molar-refractivity contribution in [1.29, 1.82) is 0 Å². The van der Waals surface area contributed by atoms with Crippen LogP contribution in [0.3, 0.4) is 0 Å². The van der Waals surface area contributed by atoms with E-state index in [1.54, 1.807) is 0 Å². The van der Waals surface area contributed by atoms with E-state index in [1.807, 2.05) is 0 Å². The highest BCUT2D eigenvalue weighted by atomic mass is 19.1. The zero-order valence-electron chi connectivity index (χ0n) is 16.2. The Morgan fingerprint density at radius 1 is 1.06 bits per heavy atom. The average Bonchev–Trinajstić information content (AvgIpc) is 3.22. The third-order valence-electron chi connectivity index (χ3n) is 5.20. The molecule has 1 atom stereocenters. The van der Waals surface area contributed by atoms with Crippen molar-refractivity contribution < 1.29 is 27.6 Å². The van der Waals surface area contributed by atoms with E-state index in [9.17, 15) is 27.6 Å². The van der Waals surface area contributed by atoms with Crippen LogP contribution in [0, 0.1) is 17.5 Å². The second kappa shape index (κ2) is 8.25. The maximum absolute atomic E-state index is 14.3. The summed E-state index contributed by atoms with van der Waals surface area (Å²) in [5.74, 6) is -3.30. The SMILES string of the molecule is O=C1C[C@H](NC(=O)CCCc2c(-c3ccc(F)cc3)[nH]c3c(F)cc(F)cc23)C(=O)N1. The molecule has 2 heterocycles. The molecule has 0 radical (unpaired) electrons. The molecule has 0 saturated carbocycles. The van der Waals surface area contributed by atoms with E-state index in [0.717, 1.165) is 6.07 Å². The van der Waals surface area contributed by atoms with Gasteiger partial charge in [-0.25, -0.2) is 13.2 Å². The molecule has 1 saturated heterocycles. The molecule has 3 N–H and O–H groups in total. The van der Waals surface area contributed by atoms with E-state index in [2.05, 4.69) is 15.6 Å². The molecular formula is C22H18F3N3O3. The summed E-state index contributed by atoms with van der Waals surface area (Å²) >= 11 is 0. The maximum atomic E-state index is 14.3. The lowest BCUT2D eigenvalue weighted by Gasteiger charge is -2.10. The van der Waals surface area contributed by atoms with Crippen LogP contribution in [-0.2, 0) is 20.8 Å². The van der Waals surface area contributed by atoms with Gasteiger partial charge in [-0.15, -0.1) is 0 Å². The Bertz CT molecular complexity index is 1190. The maximum Gasteiger partial charge on any atom is 0.249 e. The van der Waals surface area contributed by atoms with Gasteiger partial charge >= 0.3 is 0 Å². The quantitative estimate of drug-likeness (QED) is 0.526. The minimum absolute atomic E-state index is 0.0469. The highest BCUT2D eigenvalue weighted by Gasteiger charge is 2.31. The van der Waals surface area contributed by atoms with E-state index in [1.165, 1.54) is 30.3 Å². The lowest BCUT2D eigenvalue weighted by atomic mass is 10.00. The van der Waals surface area contributed by atoms with Crippen LogP contribution in [0.25, 0.3) is 22.2 Å². The first-order valence-corrected chi connectivity index (χ1v) is 9.70. The number of aromatic nitrogens is 1. The molecule has 0 bridgehead atoms. The van der Waals surface area contributed by atoms with Gasteiger partial charge in [-0.05, 0) is 54.3 Å². The standard InChI is InChI=1S/C22H18F3N3O3/c23-12-6-4-11(5-7-12)20-14(15-8-13(24)9-16(25)21(15)28-20)2-1-3-18(29)26-17-10-19(30)27-22(17)31/h4-9,17,28H,1-3,10H2,(H,26,29)(H,27,30,31)/t17-/m0/s1. The van der Waals surface area contributed by atoms with Crippen molar-refractivity contribution in [3.05, 3.63) is 59.4 Å². The molecule has 1 aliphatic rings. The first-order valence-electron chi connectivity index (χ1n) is 9.70. The number of H-pyrrole nitrogens is 1. The number of rotatable bonds is 6. The minimum Gasteiger partial charge on any atom is -0.352 e. The molecular weight excluding hydrogens is 411 g/mol. The van der Waals surface area contributed by atoms with Gasteiger partial charge in [0.25, 0.3) is 0 Å². The zero-order valence-corrected chi connectivity index (χ0v) is 16.2. The summed E-state index contributed by atoms with van der Waals surface area (Å²) in [5.41, 5.74) is 1.83. The Balaban J connectivity index is 1.55. The number of carbonyl (C=O) groups excluding carboxylic acids is 3. The average molecular weight is 429 g/mol. The van der Waals surface area contributed by atoms with Gasteiger partial charge in [0.2, 0.25) is 17.7 Å². The number of carbonyl (C=O) groups is 3. The van der Waals surface area contributed by atoms with Crippen molar-refractivity contribution in [3.63, 3.8) is 0 Å². The Kier molecular flexibility index (Phi) is 5.50. The number of amides is 3. The van der Waals surface area contributed by atoms with Gasteiger partial charge in [-0.2, -0.15) is 0 Å². The van der Waals surface area contributed by atoms with Gasteiger partial charge in [0.15, 0.2) is 0 Å². The molecule has 3 aromatic rings. The van der Waals surface area contributed by atoms with Gasteiger partial charge in [0.05, 0.1) is 11.9 Å². The van der Waals surface area contributed by atoms with E-state index in [4.69, 9.17) is 0 Å². The van der Waals surface area contributed by atoms with Crippen LogP contribution in [-0.4, -0.2) is 28.7 Å². The number of nitrogens with one attached hydrogen (secondary N) is 3. The van der Waals surface area contributed by atoms with Crippen molar-refractivity contribution in [2.75, 3.05) is 0 Å². The summed E-state index contributed by atoms with van der Waals surface area (Å²) in [4.78, 5) is 37.9. The van der Waals surface area contributed by atoms with Crippen molar-refractivity contribution >= 4 is 28.6 Å². The van der Waals surface area contributed by atoms with Crippen molar-refractivity contribution in [1.82, 2.24) is 15.6 Å². The van der Waals surface area contributed by atoms with Crippen LogP contribution in [0.2, 0.25) is 0 Å². The smallest absolute Gasteiger partial charge is 0.249 e. The number of benzene rings is 2. The lowest BCUT2D eigenvalue weighted by molar-refractivity contribution is -0.128. The predicted molar refractivity (Wildman–Crippen MR) is 106 cm³/mol. The van der Waals surface area contributed by atoms with E-state index in [-0.39, 0.29) is 18.4 Å². The second-order valence-corrected chi connectivity index (χ2v) is 7.39. The highest BCUT2D eigenvalue weighted by molar-refractivity contribution is 6.06. The summed E-state index contributed by atoms with van der Waals surface area (Å²) in [6.07, 6.45) is 0.581. The summed E-state index contributed by atoms with van der Waals surface area (Å²) in [5, 5.41) is 4.97.